The highest BCUT2D eigenvalue weighted by Gasteiger charge is 2.22. The first kappa shape index (κ1) is 27.4. The van der Waals surface area contributed by atoms with Gasteiger partial charge in [-0.3, -0.25) is 15.0 Å². The van der Waals surface area contributed by atoms with E-state index in [0.717, 1.165) is 55.1 Å². The van der Waals surface area contributed by atoms with Crippen molar-refractivity contribution in [3.05, 3.63) is 48.2 Å². The second-order valence-corrected chi connectivity index (χ2v) is 10.2. The van der Waals surface area contributed by atoms with Crippen molar-refractivity contribution in [3.8, 4) is 5.75 Å². The highest BCUT2D eigenvalue weighted by atomic mass is 16.5. The molecule has 2 heterocycles. The number of anilines is 2. The Morgan fingerprint density at radius 1 is 1.05 bits per heavy atom. The molecule has 0 radical (unpaired) electrons. The van der Waals surface area contributed by atoms with Crippen LogP contribution in [0.2, 0.25) is 0 Å². The number of aromatic nitrogens is 2. The minimum atomic E-state index is -0.443. The Hall–Kier alpha value is -3.63. The van der Waals surface area contributed by atoms with Crippen molar-refractivity contribution < 1.29 is 23.8 Å². The lowest BCUT2D eigenvalue weighted by Crippen LogP contribution is -2.38. The summed E-state index contributed by atoms with van der Waals surface area (Å²) in [6.07, 6.45) is 0. The molecule has 1 aliphatic heterocycles. The van der Waals surface area contributed by atoms with Crippen LogP contribution < -0.4 is 15.4 Å². The number of carbonyl (C=O) groups is 2. The van der Waals surface area contributed by atoms with Crippen molar-refractivity contribution in [1.82, 2.24) is 14.7 Å². The zero-order valence-electron chi connectivity index (χ0n) is 22.6. The van der Waals surface area contributed by atoms with Crippen LogP contribution in [0.15, 0.2) is 42.5 Å². The van der Waals surface area contributed by atoms with Crippen molar-refractivity contribution in [2.45, 2.75) is 39.7 Å². The Kier molecular flexibility index (Phi) is 8.85. The van der Waals surface area contributed by atoms with Crippen molar-refractivity contribution in [3.63, 3.8) is 0 Å². The van der Waals surface area contributed by atoms with Gasteiger partial charge in [0.05, 0.1) is 31.2 Å². The van der Waals surface area contributed by atoms with Gasteiger partial charge in [0.25, 0.3) is 0 Å². The molecule has 2 N–H and O–H groups in total. The molecule has 0 atom stereocenters. The van der Waals surface area contributed by atoms with Crippen LogP contribution in [0.25, 0.3) is 10.8 Å². The van der Waals surface area contributed by atoms with E-state index in [2.05, 4.69) is 20.6 Å². The molecule has 2 amide bonds. The number of urea groups is 1. The van der Waals surface area contributed by atoms with Crippen LogP contribution in [0, 0.1) is 0 Å². The monoisotopic (exact) mass is 523 g/mol. The van der Waals surface area contributed by atoms with Gasteiger partial charge in [-0.25, -0.2) is 9.48 Å². The number of hydrogen-bond donors (Lipinski definition) is 2. The van der Waals surface area contributed by atoms with Gasteiger partial charge in [-0.05, 0) is 19.1 Å². The van der Waals surface area contributed by atoms with Crippen LogP contribution in [0.5, 0.6) is 5.75 Å². The maximum atomic E-state index is 13.1. The fourth-order valence-electron chi connectivity index (χ4n) is 4.22. The van der Waals surface area contributed by atoms with Gasteiger partial charge >= 0.3 is 12.0 Å². The number of rotatable bonds is 9. The molecule has 204 valence electrons. The van der Waals surface area contributed by atoms with Crippen LogP contribution in [0.1, 0.15) is 33.4 Å². The van der Waals surface area contributed by atoms with Gasteiger partial charge in [0, 0.05) is 41.9 Å². The van der Waals surface area contributed by atoms with Gasteiger partial charge in [-0.1, -0.05) is 45.0 Å². The van der Waals surface area contributed by atoms with Gasteiger partial charge in [0.1, 0.15) is 24.7 Å². The predicted octanol–water partition coefficient (Wildman–Crippen LogP) is 4.25. The molecule has 0 bridgehead atoms. The van der Waals surface area contributed by atoms with E-state index in [1.807, 2.05) is 57.2 Å². The first-order chi connectivity index (χ1) is 18.2. The number of nitrogens with one attached hydrogen (secondary N) is 2. The lowest BCUT2D eigenvalue weighted by atomic mass is 9.92. The molecule has 0 spiro atoms. The summed E-state index contributed by atoms with van der Waals surface area (Å²) in [5.41, 5.74) is 1.13. The Morgan fingerprint density at radius 3 is 2.50 bits per heavy atom. The van der Waals surface area contributed by atoms with E-state index in [4.69, 9.17) is 14.2 Å². The van der Waals surface area contributed by atoms with Gasteiger partial charge in [-0.2, -0.15) is 5.10 Å². The summed E-state index contributed by atoms with van der Waals surface area (Å²) in [6, 6.07) is 12.8. The number of ether oxygens (including phenoxy) is 3. The zero-order chi connectivity index (χ0) is 27.1. The maximum absolute atomic E-state index is 13.1. The molecular formula is C28H37N5O5. The summed E-state index contributed by atoms with van der Waals surface area (Å²) in [7, 11) is 0. The zero-order valence-corrected chi connectivity index (χ0v) is 22.6. The Morgan fingerprint density at radius 2 is 1.79 bits per heavy atom. The van der Waals surface area contributed by atoms with E-state index in [0.29, 0.717) is 18.1 Å². The highest BCUT2D eigenvalue weighted by molar-refractivity contribution is 6.07. The van der Waals surface area contributed by atoms with Crippen LogP contribution in [-0.2, 0) is 26.2 Å². The van der Waals surface area contributed by atoms with Crippen LogP contribution >= 0.6 is 0 Å². The van der Waals surface area contributed by atoms with E-state index in [9.17, 15) is 9.59 Å². The number of esters is 1. The van der Waals surface area contributed by atoms with Crippen molar-refractivity contribution in [1.29, 1.82) is 0 Å². The molecule has 1 aliphatic rings. The molecule has 0 aliphatic carbocycles. The molecule has 0 saturated carbocycles. The number of benzene rings is 2. The summed E-state index contributed by atoms with van der Waals surface area (Å²) in [4.78, 5) is 27.5. The number of fused-ring (bicyclic) bond motifs is 1. The van der Waals surface area contributed by atoms with E-state index in [-0.39, 0.29) is 18.6 Å². The van der Waals surface area contributed by atoms with Gasteiger partial charge < -0.3 is 19.5 Å². The predicted molar refractivity (Wildman–Crippen MR) is 147 cm³/mol. The Balaban J connectivity index is 1.47. The third-order valence-corrected chi connectivity index (χ3v) is 6.28. The minimum absolute atomic E-state index is 0.0983. The number of carbonyl (C=O) groups excluding carboxylic acids is 2. The average Bonchev–Trinajstić information content (AvgIpc) is 3.28. The highest BCUT2D eigenvalue weighted by Crippen LogP contribution is 2.32. The molecule has 2 aromatic carbocycles. The molecule has 3 aromatic rings. The quantitative estimate of drug-likeness (QED) is 0.404. The smallest absolute Gasteiger partial charge is 0.327 e. The molecule has 0 unspecified atom stereocenters. The summed E-state index contributed by atoms with van der Waals surface area (Å²) in [5.74, 6) is 0.754. The van der Waals surface area contributed by atoms with E-state index in [1.165, 1.54) is 4.68 Å². The summed E-state index contributed by atoms with van der Waals surface area (Å²) in [5, 5.41) is 12.1. The maximum Gasteiger partial charge on any atom is 0.327 e. The molecule has 4 rings (SSSR count). The normalized spacial score (nSPS) is 14.3. The van der Waals surface area contributed by atoms with Crippen LogP contribution in [0.3, 0.4) is 0 Å². The average molecular weight is 524 g/mol. The second kappa shape index (κ2) is 12.3. The molecule has 1 aromatic heterocycles. The van der Waals surface area contributed by atoms with Crippen molar-refractivity contribution >= 4 is 34.3 Å². The summed E-state index contributed by atoms with van der Waals surface area (Å²) in [6.45, 7) is 12.7. The lowest BCUT2D eigenvalue weighted by Gasteiger charge is -2.26. The van der Waals surface area contributed by atoms with Gasteiger partial charge in [0.15, 0.2) is 0 Å². The number of hydrogen-bond acceptors (Lipinski definition) is 7. The third-order valence-electron chi connectivity index (χ3n) is 6.28. The topological polar surface area (TPSA) is 107 Å². The molecule has 1 saturated heterocycles. The third kappa shape index (κ3) is 7.02. The van der Waals surface area contributed by atoms with Crippen molar-refractivity contribution in [2.75, 3.05) is 56.7 Å². The summed E-state index contributed by atoms with van der Waals surface area (Å²) < 4.78 is 18.1. The van der Waals surface area contributed by atoms with Crippen LogP contribution in [-0.4, -0.2) is 72.7 Å². The van der Waals surface area contributed by atoms with Crippen LogP contribution in [0.4, 0.5) is 16.3 Å². The SMILES string of the molecule is CCOC(=O)Cn1nc(C(C)(C)C)cc1NC(=O)Nc1ccc(OCCN2CCOCC2)c2ccccc12. The van der Waals surface area contributed by atoms with Crippen molar-refractivity contribution in [2.24, 2.45) is 0 Å². The lowest BCUT2D eigenvalue weighted by molar-refractivity contribution is -0.144. The molecule has 1 fully saturated rings. The van der Waals surface area contributed by atoms with E-state index in [1.54, 1.807) is 13.0 Å². The van der Waals surface area contributed by atoms with E-state index < -0.39 is 12.0 Å². The second-order valence-electron chi connectivity index (χ2n) is 10.2. The molecular weight excluding hydrogens is 486 g/mol. The number of morpholine rings is 1. The molecule has 38 heavy (non-hydrogen) atoms. The Bertz CT molecular complexity index is 1260. The Labute approximate surface area is 223 Å². The first-order valence-electron chi connectivity index (χ1n) is 13.0. The first-order valence-corrected chi connectivity index (χ1v) is 13.0. The fraction of sp³-hybridized carbons (Fsp3) is 0.464. The molecule has 10 heteroatoms. The molecule has 10 nitrogen and oxygen atoms in total. The fourth-order valence-corrected chi connectivity index (χ4v) is 4.22. The van der Waals surface area contributed by atoms with Gasteiger partial charge in [0.2, 0.25) is 0 Å². The standard InChI is InChI=1S/C28H37N5O5/c1-5-37-26(34)19-33-25(18-24(31-33)28(2,3)4)30-27(35)29-22-10-11-23(21-9-7-6-8-20(21)22)38-17-14-32-12-15-36-16-13-32/h6-11,18H,5,12-17,19H2,1-4H3,(H2,29,30,35). The van der Waals surface area contributed by atoms with E-state index >= 15 is 0 Å². The minimum Gasteiger partial charge on any atom is -0.492 e. The number of nitrogens with zero attached hydrogens (tertiary/aromatic N) is 3. The number of amides is 2. The summed E-state index contributed by atoms with van der Waals surface area (Å²) >= 11 is 0. The van der Waals surface area contributed by atoms with Gasteiger partial charge in [-0.15, -0.1) is 0 Å². The largest absolute Gasteiger partial charge is 0.492 e.